The van der Waals surface area contributed by atoms with Crippen molar-refractivity contribution in [1.82, 2.24) is 9.55 Å². The molecule has 4 nitrogen and oxygen atoms in total. The van der Waals surface area contributed by atoms with E-state index in [2.05, 4.69) is 30.3 Å². The average Bonchev–Trinajstić information content (AvgIpc) is 2.79. The van der Waals surface area contributed by atoms with Crippen LogP contribution in [0.25, 0.3) is 11.0 Å². The van der Waals surface area contributed by atoms with Crippen LogP contribution in [0.5, 0.6) is 0 Å². The van der Waals surface area contributed by atoms with E-state index >= 15 is 0 Å². The van der Waals surface area contributed by atoms with Gasteiger partial charge in [0, 0.05) is 12.5 Å². The van der Waals surface area contributed by atoms with Crippen molar-refractivity contribution in [3.8, 4) is 0 Å². The summed E-state index contributed by atoms with van der Waals surface area (Å²) in [6, 6.07) is 5.61. The fourth-order valence-electron chi connectivity index (χ4n) is 2.67. The first-order chi connectivity index (χ1) is 9.13. The number of benzene rings is 1. The molecule has 19 heavy (non-hydrogen) atoms. The Morgan fingerprint density at radius 3 is 2.53 bits per heavy atom. The molecule has 0 aliphatic rings. The molecule has 2 rings (SSSR count). The van der Waals surface area contributed by atoms with Crippen molar-refractivity contribution >= 4 is 17.0 Å². The van der Waals surface area contributed by atoms with Crippen molar-refractivity contribution in [2.45, 2.75) is 46.1 Å². The van der Waals surface area contributed by atoms with Crippen LogP contribution in [-0.4, -0.2) is 20.6 Å². The smallest absolute Gasteiger partial charge is 0.337 e. The lowest BCUT2D eigenvalue weighted by Gasteiger charge is -2.19. The van der Waals surface area contributed by atoms with Gasteiger partial charge in [-0.2, -0.15) is 0 Å². The van der Waals surface area contributed by atoms with Gasteiger partial charge in [0.1, 0.15) is 5.82 Å². The van der Waals surface area contributed by atoms with Crippen LogP contribution in [0.15, 0.2) is 18.2 Å². The maximum absolute atomic E-state index is 11.4. The van der Waals surface area contributed by atoms with E-state index in [4.69, 9.17) is 0 Å². The lowest BCUT2D eigenvalue weighted by atomic mass is 10.1. The van der Waals surface area contributed by atoms with Crippen molar-refractivity contribution in [3.05, 3.63) is 29.6 Å². The second-order valence-corrected chi connectivity index (χ2v) is 4.70. The van der Waals surface area contributed by atoms with E-state index in [0.717, 1.165) is 36.1 Å². The number of fused-ring (bicyclic) bond motifs is 1. The third kappa shape index (κ3) is 2.23. The molecule has 0 aliphatic carbocycles. The Hall–Kier alpha value is -1.84. The van der Waals surface area contributed by atoms with E-state index in [1.807, 2.05) is 6.07 Å². The van der Waals surface area contributed by atoms with Crippen molar-refractivity contribution in [2.24, 2.45) is 0 Å². The van der Waals surface area contributed by atoms with Crippen LogP contribution in [0.3, 0.4) is 0 Å². The number of hydrogen-bond donors (Lipinski definition) is 1. The summed E-state index contributed by atoms with van der Waals surface area (Å²) < 4.78 is 2.12. The molecule has 102 valence electrons. The maximum Gasteiger partial charge on any atom is 0.337 e. The van der Waals surface area contributed by atoms with Crippen molar-refractivity contribution in [1.29, 1.82) is 0 Å². The number of hydrogen-bond acceptors (Lipinski definition) is 2. The first kappa shape index (κ1) is 13.6. The summed E-state index contributed by atoms with van der Waals surface area (Å²) in [6.07, 6.45) is 2.76. The SMILES string of the molecule is CCc1nc2cccc(C(=O)O)c2n1C(CC)CC. The van der Waals surface area contributed by atoms with Crippen LogP contribution in [0.2, 0.25) is 0 Å². The van der Waals surface area contributed by atoms with Gasteiger partial charge >= 0.3 is 5.97 Å². The van der Waals surface area contributed by atoms with Crippen molar-refractivity contribution in [3.63, 3.8) is 0 Å². The molecule has 4 heteroatoms. The number of imidazole rings is 1. The second kappa shape index (κ2) is 5.43. The summed E-state index contributed by atoms with van der Waals surface area (Å²) in [5.74, 6) is 0.0813. The Morgan fingerprint density at radius 2 is 2.00 bits per heavy atom. The van der Waals surface area contributed by atoms with E-state index in [1.54, 1.807) is 12.1 Å². The number of nitrogens with zero attached hydrogens (tertiary/aromatic N) is 2. The van der Waals surface area contributed by atoms with E-state index in [1.165, 1.54) is 0 Å². The fraction of sp³-hybridized carbons (Fsp3) is 0.467. The van der Waals surface area contributed by atoms with Gasteiger partial charge in [0.05, 0.1) is 16.6 Å². The fourth-order valence-corrected chi connectivity index (χ4v) is 2.67. The van der Waals surface area contributed by atoms with E-state index in [0.29, 0.717) is 11.6 Å². The third-order valence-electron chi connectivity index (χ3n) is 3.64. The number of carboxylic acid groups (broad SMARTS) is 1. The minimum absolute atomic E-state index is 0.306. The zero-order valence-electron chi connectivity index (χ0n) is 11.7. The standard InChI is InChI=1S/C15H20N2O2/c1-4-10(5-2)17-13(6-3)16-12-9-7-8-11(14(12)17)15(18)19/h7-10H,4-6H2,1-3H3,(H,18,19). The Morgan fingerprint density at radius 1 is 1.32 bits per heavy atom. The van der Waals surface area contributed by atoms with Crippen molar-refractivity contribution in [2.75, 3.05) is 0 Å². The average molecular weight is 260 g/mol. The van der Waals surface area contributed by atoms with E-state index < -0.39 is 5.97 Å². The molecular formula is C15H20N2O2. The molecule has 2 aromatic rings. The van der Waals surface area contributed by atoms with Gasteiger partial charge in [0.2, 0.25) is 0 Å². The summed E-state index contributed by atoms with van der Waals surface area (Å²) in [5, 5.41) is 9.38. The molecule has 0 radical (unpaired) electrons. The van der Waals surface area contributed by atoms with E-state index in [9.17, 15) is 9.90 Å². The van der Waals surface area contributed by atoms with Crippen LogP contribution < -0.4 is 0 Å². The van der Waals surface area contributed by atoms with Gasteiger partial charge < -0.3 is 9.67 Å². The monoisotopic (exact) mass is 260 g/mol. The molecule has 0 aliphatic heterocycles. The molecule has 0 saturated heterocycles. The lowest BCUT2D eigenvalue weighted by Crippen LogP contribution is -2.12. The Labute approximate surface area is 113 Å². The maximum atomic E-state index is 11.4. The van der Waals surface area contributed by atoms with Crippen LogP contribution in [0.4, 0.5) is 0 Å². The molecule has 1 heterocycles. The van der Waals surface area contributed by atoms with E-state index in [-0.39, 0.29) is 0 Å². The van der Waals surface area contributed by atoms with Gasteiger partial charge in [-0.1, -0.05) is 26.8 Å². The molecule has 0 bridgehead atoms. The third-order valence-corrected chi connectivity index (χ3v) is 3.64. The van der Waals surface area contributed by atoms with Gasteiger partial charge in [-0.3, -0.25) is 0 Å². The Balaban J connectivity index is 2.80. The van der Waals surface area contributed by atoms with Crippen LogP contribution >= 0.6 is 0 Å². The highest BCUT2D eigenvalue weighted by Gasteiger charge is 2.20. The van der Waals surface area contributed by atoms with Crippen LogP contribution in [-0.2, 0) is 6.42 Å². The predicted molar refractivity (Wildman–Crippen MR) is 75.7 cm³/mol. The number of aromatic nitrogens is 2. The summed E-state index contributed by atoms with van der Waals surface area (Å²) in [4.78, 5) is 16.0. The first-order valence-electron chi connectivity index (χ1n) is 6.87. The van der Waals surface area contributed by atoms with Gasteiger partial charge in [0.25, 0.3) is 0 Å². The molecular weight excluding hydrogens is 240 g/mol. The number of carbonyl (C=O) groups is 1. The highest BCUT2D eigenvalue weighted by atomic mass is 16.4. The molecule has 0 fully saturated rings. The zero-order valence-corrected chi connectivity index (χ0v) is 11.7. The second-order valence-electron chi connectivity index (χ2n) is 4.70. The first-order valence-corrected chi connectivity index (χ1v) is 6.87. The molecule has 1 aromatic heterocycles. The molecule has 0 saturated carbocycles. The largest absolute Gasteiger partial charge is 0.478 e. The summed E-state index contributed by atoms with van der Waals surface area (Å²) in [6.45, 7) is 6.31. The lowest BCUT2D eigenvalue weighted by molar-refractivity contribution is 0.0698. The van der Waals surface area contributed by atoms with Gasteiger partial charge in [-0.15, -0.1) is 0 Å². The number of rotatable bonds is 5. The minimum Gasteiger partial charge on any atom is -0.478 e. The number of aromatic carboxylic acids is 1. The number of para-hydroxylation sites is 1. The summed E-state index contributed by atoms with van der Waals surface area (Å²) in [7, 11) is 0. The summed E-state index contributed by atoms with van der Waals surface area (Å²) >= 11 is 0. The van der Waals surface area contributed by atoms with Crippen LogP contribution in [0, 0.1) is 0 Å². The summed E-state index contributed by atoms with van der Waals surface area (Å²) in [5.41, 5.74) is 1.89. The van der Waals surface area contributed by atoms with Gasteiger partial charge in [-0.25, -0.2) is 9.78 Å². The van der Waals surface area contributed by atoms with Gasteiger partial charge in [-0.05, 0) is 25.0 Å². The molecule has 0 spiro atoms. The molecule has 1 N–H and O–H groups in total. The molecule has 0 atom stereocenters. The van der Waals surface area contributed by atoms with Crippen molar-refractivity contribution < 1.29 is 9.90 Å². The normalized spacial score (nSPS) is 11.4. The van der Waals surface area contributed by atoms with Gasteiger partial charge in [0.15, 0.2) is 0 Å². The number of carboxylic acids is 1. The Kier molecular flexibility index (Phi) is 3.88. The molecule has 0 amide bonds. The molecule has 0 unspecified atom stereocenters. The topological polar surface area (TPSA) is 55.1 Å². The minimum atomic E-state index is -0.889. The number of aryl methyl sites for hydroxylation is 1. The highest BCUT2D eigenvalue weighted by Crippen LogP contribution is 2.28. The quantitative estimate of drug-likeness (QED) is 0.892. The Bertz CT molecular complexity index is 597. The molecule has 1 aromatic carbocycles. The zero-order chi connectivity index (χ0) is 14.0. The predicted octanol–water partition coefficient (Wildman–Crippen LogP) is 3.66. The van der Waals surface area contributed by atoms with Crippen LogP contribution in [0.1, 0.15) is 55.8 Å². The highest BCUT2D eigenvalue weighted by molar-refractivity contribution is 6.01.